The van der Waals surface area contributed by atoms with Gasteiger partial charge in [0, 0.05) is 38.6 Å². The van der Waals surface area contributed by atoms with Crippen LogP contribution in [0.2, 0.25) is 0 Å². The van der Waals surface area contributed by atoms with E-state index in [4.69, 9.17) is 14.5 Å². The standard InChI is InChI=1S/C21H25N7O2/c1-13-23-18-5-4-17(25-20(18)27(13)8-9-29-2)16-6-7-28-19(16)12-22-21(26-28)24-14-10-15(11-14)30-3/h4-7,12,14-15H,8-11H2,1-3H3,(H,24,26)/t14-,15+. The van der Waals surface area contributed by atoms with Gasteiger partial charge in [-0.15, -0.1) is 5.10 Å². The Hall–Kier alpha value is -3.04. The van der Waals surface area contributed by atoms with Crippen molar-refractivity contribution >= 4 is 22.6 Å². The van der Waals surface area contributed by atoms with Crippen LogP contribution in [-0.4, -0.2) is 62.1 Å². The Morgan fingerprint density at radius 1 is 1.17 bits per heavy atom. The molecule has 1 fully saturated rings. The molecule has 9 nitrogen and oxygen atoms in total. The van der Waals surface area contributed by atoms with Crippen molar-refractivity contribution in [1.82, 2.24) is 29.1 Å². The lowest BCUT2D eigenvalue weighted by atomic mass is 9.89. The highest BCUT2D eigenvalue weighted by Crippen LogP contribution is 2.28. The largest absolute Gasteiger partial charge is 0.383 e. The first-order valence-electron chi connectivity index (χ1n) is 10.1. The molecule has 0 radical (unpaired) electrons. The van der Waals surface area contributed by atoms with Crippen LogP contribution in [0.5, 0.6) is 0 Å². The minimum atomic E-state index is 0.339. The number of pyridine rings is 1. The number of nitrogens with zero attached hydrogens (tertiary/aromatic N) is 6. The fraction of sp³-hybridized carbons (Fsp3) is 0.429. The van der Waals surface area contributed by atoms with Gasteiger partial charge in [0.15, 0.2) is 5.65 Å². The lowest BCUT2D eigenvalue weighted by Gasteiger charge is -2.34. The van der Waals surface area contributed by atoms with Gasteiger partial charge in [-0.05, 0) is 38.0 Å². The second-order valence-electron chi connectivity index (χ2n) is 7.65. The molecule has 0 aliphatic heterocycles. The van der Waals surface area contributed by atoms with Crippen molar-refractivity contribution in [2.45, 2.75) is 38.5 Å². The molecule has 4 aromatic rings. The number of nitrogens with one attached hydrogen (secondary N) is 1. The molecule has 1 saturated carbocycles. The van der Waals surface area contributed by atoms with Crippen LogP contribution >= 0.6 is 0 Å². The number of imidazole rings is 1. The maximum absolute atomic E-state index is 5.33. The van der Waals surface area contributed by atoms with Gasteiger partial charge in [-0.25, -0.2) is 19.5 Å². The Kier molecular flexibility index (Phi) is 4.84. The van der Waals surface area contributed by atoms with Gasteiger partial charge >= 0.3 is 0 Å². The van der Waals surface area contributed by atoms with E-state index < -0.39 is 0 Å². The van der Waals surface area contributed by atoms with Crippen LogP contribution in [0, 0.1) is 6.92 Å². The van der Waals surface area contributed by atoms with E-state index in [1.165, 1.54) is 0 Å². The smallest absolute Gasteiger partial charge is 0.241 e. The van der Waals surface area contributed by atoms with Crippen LogP contribution in [-0.2, 0) is 16.0 Å². The molecule has 4 aromatic heterocycles. The predicted octanol–water partition coefficient (Wildman–Crippen LogP) is 2.69. The summed E-state index contributed by atoms with van der Waals surface area (Å²) in [4.78, 5) is 14.0. The van der Waals surface area contributed by atoms with E-state index in [1.54, 1.807) is 14.2 Å². The van der Waals surface area contributed by atoms with E-state index in [0.717, 1.165) is 53.1 Å². The monoisotopic (exact) mass is 407 g/mol. The van der Waals surface area contributed by atoms with Crippen LogP contribution in [0.4, 0.5) is 5.95 Å². The van der Waals surface area contributed by atoms with Gasteiger partial charge in [-0.2, -0.15) is 0 Å². The Balaban J connectivity index is 1.45. The number of hydrogen-bond acceptors (Lipinski definition) is 7. The third-order valence-electron chi connectivity index (χ3n) is 5.76. The van der Waals surface area contributed by atoms with E-state index >= 15 is 0 Å². The van der Waals surface area contributed by atoms with Crippen molar-refractivity contribution < 1.29 is 9.47 Å². The summed E-state index contributed by atoms with van der Waals surface area (Å²) in [6, 6.07) is 6.39. The van der Waals surface area contributed by atoms with E-state index in [0.29, 0.717) is 24.7 Å². The second-order valence-corrected chi connectivity index (χ2v) is 7.65. The summed E-state index contributed by atoms with van der Waals surface area (Å²) in [6.45, 7) is 3.32. The highest BCUT2D eigenvalue weighted by atomic mass is 16.5. The lowest BCUT2D eigenvalue weighted by molar-refractivity contribution is 0.0326. The maximum Gasteiger partial charge on any atom is 0.241 e. The zero-order valence-corrected chi connectivity index (χ0v) is 17.4. The highest BCUT2D eigenvalue weighted by Gasteiger charge is 2.29. The van der Waals surface area contributed by atoms with Crippen LogP contribution in [0.15, 0.2) is 30.6 Å². The Bertz CT molecular complexity index is 1190. The first-order valence-corrected chi connectivity index (χ1v) is 10.1. The Labute approximate surface area is 174 Å². The molecule has 156 valence electrons. The van der Waals surface area contributed by atoms with Crippen LogP contribution in [0.1, 0.15) is 18.7 Å². The molecule has 0 unspecified atom stereocenters. The van der Waals surface area contributed by atoms with E-state index in [-0.39, 0.29) is 0 Å². The normalized spacial score (nSPS) is 18.8. The summed E-state index contributed by atoms with van der Waals surface area (Å²) in [5.41, 5.74) is 4.51. The van der Waals surface area contributed by atoms with Crippen molar-refractivity contribution in [2.75, 3.05) is 26.1 Å². The second kappa shape index (κ2) is 7.66. The minimum absolute atomic E-state index is 0.339. The van der Waals surface area contributed by atoms with Gasteiger partial charge in [0.05, 0.1) is 30.1 Å². The summed E-state index contributed by atoms with van der Waals surface area (Å²) in [6.07, 6.45) is 6.09. The van der Waals surface area contributed by atoms with Crippen molar-refractivity contribution in [3.8, 4) is 11.3 Å². The number of ether oxygens (including phenoxy) is 2. The van der Waals surface area contributed by atoms with Gasteiger partial charge in [0.1, 0.15) is 11.3 Å². The van der Waals surface area contributed by atoms with Crippen LogP contribution in [0.3, 0.4) is 0 Å². The third-order valence-corrected chi connectivity index (χ3v) is 5.76. The van der Waals surface area contributed by atoms with Gasteiger partial charge in [-0.1, -0.05) is 0 Å². The molecule has 0 saturated heterocycles. The van der Waals surface area contributed by atoms with Crippen molar-refractivity contribution in [2.24, 2.45) is 0 Å². The summed E-state index contributed by atoms with van der Waals surface area (Å²) < 4.78 is 14.5. The summed E-state index contributed by atoms with van der Waals surface area (Å²) in [7, 11) is 3.45. The SMILES string of the molecule is COCCn1c(C)nc2ccc(-c3ccn4nc(N[C@H]5C[C@@H](OC)C5)ncc34)nc21. The average molecular weight is 407 g/mol. The Morgan fingerprint density at radius 3 is 2.83 bits per heavy atom. The average Bonchev–Trinajstić information content (AvgIpc) is 3.28. The van der Waals surface area contributed by atoms with Crippen LogP contribution < -0.4 is 5.32 Å². The van der Waals surface area contributed by atoms with E-state index in [9.17, 15) is 0 Å². The molecule has 0 bridgehead atoms. The number of hydrogen-bond donors (Lipinski definition) is 1. The van der Waals surface area contributed by atoms with Crippen molar-refractivity contribution in [3.63, 3.8) is 0 Å². The third kappa shape index (κ3) is 3.29. The number of aryl methyl sites for hydroxylation is 1. The maximum atomic E-state index is 5.33. The van der Waals surface area contributed by atoms with Gasteiger partial charge in [-0.3, -0.25) is 0 Å². The molecule has 9 heteroatoms. The fourth-order valence-corrected chi connectivity index (χ4v) is 3.96. The van der Waals surface area contributed by atoms with Crippen LogP contribution in [0.25, 0.3) is 27.9 Å². The molecule has 0 aromatic carbocycles. The topological polar surface area (TPSA) is 91.4 Å². The summed E-state index contributed by atoms with van der Waals surface area (Å²) in [5.74, 6) is 1.56. The quantitative estimate of drug-likeness (QED) is 0.504. The van der Waals surface area contributed by atoms with Crippen molar-refractivity contribution in [3.05, 3.63) is 36.4 Å². The van der Waals surface area contributed by atoms with Gasteiger partial charge in [0.25, 0.3) is 0 Å². The zero-order valence-electron chi connectivity index (χ0n) is 17.4. The lowest BCUT2D eigenvalue weighted by Crippen LogP contribution is -2.40. The molecule has 30 heavy (non-hydrogen) atoms. The predicted molar refractivity (Wildman–Crippen MR) is 114 cm³/mol. The van der Waals surface area contributed by atoms with Crippen molar-refractivity contribution in [1.29, 1.82) is 0 Å². The molecule has 1 aliphatic carbocycles. The molecule has 4 heterocycles. The fourth-order valence-electron chi connectivity index (χ4n) is 3.96. The number of anilines is 1. The van der Waals surface area contributed by atoms with Gasteiger partial charge in [0.2, 0.25) is 5.95 Å². The first kappa shape index (κ1) is 19.0. The number of fused-ring (bicyclic) bond motifs is 2. The molecule has 0 amide bonds. The first-order chi connectivity index (χ1) is 14.7. The molecule has 0 atom stereocenters. The number of rotatable bonds is 7. The van der Waals surface area contributed by atoms with E-state index in [2.05, 4.69) is 25.0 Å². The zero-order chi connectivity index (χ0) is 20.7. The number of methoxy groups -OCH3 is 2. The molecular formula is C21H25N7O2. The highest BCUT2D eigenvalue weighted by molar-refractivity contribution is 5.82. The molecular weight excluding hydrogens is 382 g/mol. The minimum Gasteiger partial charge on any atom is -0.383 e. The molecule has 1 N–H and O–H groups in total. The summed E-state index contributed by atoms with van der Waals surface area (Å²) >= 11 is 0. The molecule has 5 rings (SSSR count). The number of aromatic nitrogens is 6. The Morgan fingerprint density at radius 2 is 2.03 bits per heavy atom. The van der Waals surface area contributed by atoms with Gasteiger partial charge < -0.3 is 19.4 Å². The van der Waals surface area contributed by atoms with E-state index in [1.807, 2.05) is 42.0 Å². The molecule has 0 spiro atoms. The molecule has 1 aliphatic rings. The summed E-state index contributed by atoms with van der Waals surface area (Å²) in [5, 5.41) is 7.99.